The molecule has 0 radical (unpaired) electrons. The molecule has 1 aromatic rings. The Morgan fingerprint density at radius 2 is 2.41 bits per heavy atom. The fourth-order valence-electron chi connectivity index (χ4n) is 1.42. The van der Waals surface area contributed by atoms with Gasteiger partial charge in [0.25, 0.3) is 0 Å². The first-order chi connectivity index (χ1) is 8.12. The molecule has 0 bridgehead atoms. The van der Waals surface area contributed by atoms with Crippen molar-refractivity contribution >= 4 is 17.6 Å². The highest BCUT2D eigenvalue weighted by Gasteiger charge is 2.21. The molecule has 0 aliphatic rings. The topological polar surface area (TPSA) is 106 Å². The minimum atomic E-state index is -0.647. The minimum Gasteiger partial charge on any atom is -0.409 e. The third-order valence-electron chi connectivity index (χ3n) is 2.41. The number of hydrogen-bond donors (Lipinski definition) is 3. The van der Waals surface area contributed by atoms with E-state index in [1.807, 2.05) is 6.92 Å². The van der Waals surface area contributed by atoms with Gasteiger partial charge in [-0.05, 0) is 13.3 Å². The van der Waals surface area contributed by atoms with E-state index in [2.05, 4.69) is 15.6 Å². The van der Waals surface area contributed by atoms with Crippen LogP contribution in [-0.2, 0) is 11.3 Å². The van der Waals surface area contributed by atoms with Gasteiger partial charge in [0.15, 0.2) is 11.7 Å². The lowest BCUT2D eigenvalue weighted by Crippen LogP contribution is -2.34. The summed E-state index contributed by atoms with van der Waals surface area (Å²) in [5.41, 5.74) is 5.43. The molecule has 1 unspecified atom stereocenters. The highest BCUT2D eigenvalue weighted by Crippen LogP contribution is 2.08. The van der Waals surface area contributed by atoms with Crippen molar-refractivity contribution in [1.29, 1.82) is 0 Å². The Hall–Kier alpha value is -2.05. The van der Waals surface area contributed by atoms with E-state index in [0.29, 0.717) is 12.2 Å². The van der Waals surface area contributed by atoms with Gasteiger partial charge >= 0.3 is 0 Å². The lowest BCUT2D eigenvalue weighted by Gasteiger charge is -2.11. The van der Waals surface area contributed by atoms with Gasteiger partial charge in [-0.25, -0.2) is 0 Å². The number of nitrogens with two attached hydrogens (primary N) is 1. The summed E-state index contributed by atoms with van der Waals surface area (Å²) in [6.45, 7) is 4.46. The highest BCUT2D eigenvalue weighted by molar-refractivity contribution is 6.07. The molecule has 17 heavy (non-hydrogen) atoms. The molecule has 0 saturated carbocycles. The van der Waals surface area contributed by atoms with E-state index in [-0.39, 0.29) is 11.7 Å². The summed E-state index contributed by atoms with van der Waals surface area (Å²) < 4.78 is 1.69. The molecule has 0 aliphatic carbocycles. The summed E-state index contributed by atoms with van der Waals surface area (Å²) in [5, 5.41) is 18.1. The molecule has 1 rings (SSSR count). The van der Waals surface area contributed by atoms with Crippen LogP contribution in [0.1, 0.15) is 20.3 Å². The lowest BCUT2D eigenvalue weighted by molar-refractivity contribution is -0.118. The normalized spacial score (nSPS) is 13.4. The van der Waals surface area contributed by atoms with Crippen LogP contribution in [0.15, 0.2) is 17.4 Å². The molecular formula is C10H17N5O2. The molecule has 1 aromatic heterocycles. The number of amidine groups is 1. The maximum absolute atomic E-state index is 11.8. The third-order valence-corrected chi connectivity index (χ3v) is 2.41. The van der Waals surface area contributed by atoms with Crippen LogP contribution in [0.3, 0.4) is 0 Å². The van der Waals surface area contributed by atoms with Crippen molar-refractivity contribution in [3.05, 3.63) is 12.3 Å². The van der Waals surface area contributed by atoms with Gasteiger partial charge in [-0.2, -0.15) is 5.10 Å². The molecular weight excluding hydrogens is 222 g/mol. The predicted molar refractivity (Wildman–Crippen MR) is 63.7 cm³/mol. The average Bonchev–Trinajstić information content (AvgIpc) is 2.77. The van der Waals surface area contributed by atoms with Crippen LogP contribution in [0.4, 0.5) is 5.82 Å². The largest absolute Gasteiger partial charge is 0.409 e. The second kappa shape index (κ2) is 5.88. The fourth-order valence-corrected chi connectivity index (χ4v) is 1.42. The highest BCUT2D eigenvalue weighted by atomic mass is 16.4. The van der Waals surface area contributed by atoms with Gasteiger partial charge in [0.1, 0.15) is 0 Å². The summed E-state index contributed by atoms with van der Waals surface area (Å²) >= 11 is 0. The maximum atomic E-state index is 11.8. The summed E-state index contributed by atoms with van der Waals surface area (Å²) in [6, 6.07) is 1.69. The van der Waals surface area contributed by atoms with Crippen LogP contribution in [0, 0.1) is 5.92 Å². The van der Waals surface area contributed by atoms with E-state index >= 15 is 0 Å². The Morgan fingerprint density at radius 3 is 2.88 bits per heavy atom. The van der Waals surface area contributed by atoms with E-state index in [4.69, 9.17) is 10.9 Å². The SMILES string of the molecule is CCC(C(=O)Nc1ccn(CC)n1)/C(N)=N/O. The van der Waals surface area contributed by atoms with Gasteiger partial charge in [0, 0.05) is 18.8 Å². The van der Waals surface area contributed by atoms with E-state index in [1.165, 1.54) is 0 Å². The number of carbonyl (C=O) groups is 1. The minimum absolute atomic E-state index is 0.0973. The van der Waals surface area contributed by atoms with Crippen LogP contribution in [-0.4, -0.2) is 26.7 Å². The number of nitrogens with zero attached hydrogens (tertiary/aromatic N) is 3. The van der Waals surface area contributed by atoms with Crippen LogP contribution < -0.4 is 11.1 Å². The number of amides is 1. The van der Waals surface area contributed by atoms with Gasteiger partial charge in [-0.15, -0.1) is 0 Å². The molecule has 4 N–H and O–H groups in total. The van der Waals surface area contributed by atoms with Gasteiger partial charge < -0.3 is 16.3 Å². The number of nitrogens with one attached hydrogen (secondary N) is 1. The molecule has 0 saturated heterocycles. The Morgan fingerprint density at radius 1 is 1.71 bits per heavy atom. The molecule has 1 atom stereocenters. The first-order valence-electron chi connectivity index (χ1n) is 5.44. The monoisotopic (exact) mass is 239 g/mol. The number of aromatic nitrogens is 2. The first-order valence-corrected chi connectivity index (χ1v) is 5.44. The number of oxime groups is 1. The Kier molecular flexibility index (Phi) is 4.50. The molecule has 0 fully saturated rings. The lowest BCUT2D eigenvalue weighted by atomic mass is 10.1. The van der Waals surface area contributed by atoms with Crippen molar-refractivity contribution in [2.24, 2.45) is 16.8 Å². The molecule has 0 spiro atoms. The third kappa shape index (κ3) is 3.20. The smallest absolute Gasteiger partial charge is 0.236 e. The van der Waals surface area contributed by atoms with Gasteiger partial charge in [0.05, 0.1) is 5.92 Å². The molecule has 7 heteroatoms. The molecule has 1 amide bonds. The maximum Gasteiger partial charge on any atom is 0.236 e. The van der Waals surface area contributed by atoms with Gasteiger partial charge in [-0.1, -0.05) is 12.1 Å². The zero-order chi connectivity index (χ0) is 12.8. The number of anilines is 1. The zero-order valence-electron chi connectivity index (χ0n) is 9.92. The molecule has 0 aromatic carbocycles. The number of rotatable bonds is 5. The van der Waals surface area contributed by atoms with Crippen molar-refractivity contribution in [3.63, 3.8) is 0 Å². The molecule has 7 nitrogen and oxygen atoms in total. The quantitative estimate of drug-likeness (QED) is 0.303. The van der Waals surface area contributed by atoms with Crippen molar-refractivity contribution < 1.29 is 10.0 Å². The van der Waals surface area contributed by atoms with Crippen LogP contribution in [0.25, 0.3) is 0 Å². The predicted octanol–water partition coefficient (Wildman–Crippen LogP) is 0.614. The second-order valence-electron chi connectivity index (χ2n) is 3.53. The molecule has 1 heterocycles. The molecule has 94 valence electrons. The molecule has 0 aliphatic heterocycles. The number of aryl methyl sites for hydroxylation is 1. The Bertz CT molecular complexity index is 413. The standard InChI is InChI=1S/C10H17N5O2/c1-3-7(9(11)14-17)10(16)12-8-5-6-15(4-2)13-8/h5-7,17H,3-4H2,1-2H3,(H2,11,14)(H,12,13,16). The number of hydrogen-bond acceptors (Lipinski definition) is 4. The van der Waals surface area contributed by atoms with Crippen molar-refractivity contribution in [1.82, 2.24) is 9.78 Å². The van der Waals surface area contributed by atoms with Crippen LogP contribution >= 0.6 is 0 Å². The van der Waals surface area contributed by atoms with Crippen LogP contribution in [0.2, 0.25) is 0 Å². The summed E-state index contributed by atoms with van der Waals surface area (Å²) in [6.07, 6.45) is 2.22. The van der Waals surface area contributed by atoms with Crippen molar-refractivity contribution in [2.45, 2.75) is 26.8 Å². The second-order valence-corrected chi connectivity index (χ2v) is 3.53. The van der Waals surface area contributed by atoms with E-state index in [1.54, 1.807) is 23.9 Å². The van der Waals surface area contributed by atoms with E-state index in [0.717, 1.165) is 6.54 Å². The van der Waals surface area contributed by atoms with Crippen molar-refractivity contribution in [2.75, 3.05) is 5.32 Å². The summed E-state index contributed by atoms with van der Waals surface area (Å²) in [4.78, 5) is 11.8. The first kappa shape index (κ1) is 13.0. The summed E-state index contributed by atoms with van der Waals surface area (Å²) in [7, 11) is 0. The van der Waals surface area contributed by atoms with Crippen molar-refractivity contribution in [3.8, 4) is 0 Å². The fraction of sp³-hybridized carbons (Fsp3) is 0.500. The Labute approximate surface area is 99.3 Å². The Balaban J connectivity index is 2.70. The van der Waals surface area contributed by atoms with E-state index < -0.39 is 5.92 Å². The zero-order valence-corrected chi connectivity index (χ0v) is 9.92. The van der Waals surface area contributed by atoms with Gasteiger partial charge in [-0.3, -0.25) is 9.48 Å². The van der Waals surface area contributed by atoms with Gasteiger partial charge in [0.2, 0.25) is 5.91 Å². The average molecular weight is 239 g/mol. The number of carbonyl (C=O) groups excluding carboxylic acids is 1. The summed E-state index contributed by atoms with van der Waals surface area (Å²) in [5.74, 6) is -0.614. The van der Waals surface area contributed by atoms with Crippen LogP contribution in [0.5, 0.6) is 0 Å². The van der Waals surface area contributed by atoms with E-state index in [9.17, 15) is 4.79 Å².